The van der Waals surface area contributed by atoms with Gasteiger partial charge >= 0.3 is 0 Å². The maximum Gasteiger partial charge on any atom is 0.243 e. The Morgan fingerprint density at radius 1 is 1.41 bits per heavy atom. The second-order valence-electron chi connectivity index (χ2n) is 4.33. The summed E-state index contributed by atoms with van der Waals surface area (Å²) in [5.74, 6) is 0. The zero-order valence-electron chi connectivity index (χ0n) is 9.77. The number of alkyl halides is 1. The van der Waals surface area contributed by atoms with Crippen molar-refractivity contribution in [1.82, 2.24) is 4.31 Å². The van der Waals surface area contributed by atoms with E-state index in [4.69, 9.17) is 0 Å². The van der Waals surface area contributed by atoms with Crippen LogP contribution in [0.1, 0.15) is 18.4 Å². The molecule has 1 fully saturated rings. The molecule has 1 saturated heterocycles. The molecule has 5 heteroatoms. The van der Waals surface area contributed by atoms with Gasteiger partial charge in [-0.25, -0.2) is 8.42 Å². The fraction of sp³-hybridized carbons (Fsp3) is 0.500. The molecule has 17 heavy (non-hydrogen) atoms. The van der Waals surface area contributed by atoms with Crippen molar-refractivity contribution in [2.24, 2.45) is 0 Å². The average Bonchev–Trinajstić information content (AvgIpc) is 2.78. The van der Waals surface area contributed by atoms with Crippen molar-refractivity contribution >= 4 is 26.0 Å². The topological polar surface area (TPSA) is 37.4 Å². The van der Waals surface area contributed by atoms with Gasteiger partial charge in [-0.2, -0.15) is 4.31 Å². The van der Waals surface area contributed by atoms with Crippen LogP contribution in [0, 0.1) is 6.92 Å². The molecule has 0 saturated carbocycles. The lowest BCUT2D eigenvalue weighted by Gasteiger charge is -2.23. The molecule has 2 rings (SSSR count). The summed E-state index contributed by atoms with van der Waals surface area (Å²) < 4.78 is 26.7. The van der Waals surface area contributed by atoms with Crippen LogP contribution in [0.4, 0.5) is 0 Å². The summed E-state index contributed by atoms with van der Waals surface area (Å²) in [4.78, 5) is 0.438. The van der Waals surface area contributed by atoms with Gasteiger partial charge in [-0.15, -0.1) is 0 Å². The Bertz CT molecular complexity index is 501. The van der Waals surface area contributed by atoms with E-state index in [1.807, 2.05) is 19.1 Å². The Kier molecular flexibility index (Phi) is 3.90. The van der Waals surface area contributed by atoms with E-state index in [-0.39, 0.29) is 6.04 Å². The van der Waals surface area contributed by atoms with E-state index in [9.17, 15) is 8.42 Å². The first-order chi connectivity index (χ1) is 8.07. The molecule has 1 aromatic carbocycles. The van der Waals surface area contributed by atoms with Crippen LogP contribution in [0.25, 0.3) is 0 Å². The van der Waals surface area contributed by atoms with E-state index < -0.39 is 10.0 Å². The van der Waals surface area contributed by atoms with Crippen LogP contribution >= 0.6 is 15.9 Å². The number of nitrogens with zero attached hydrogens (tertiary/aromatic N) is 1. The summed E-state index contributed by atoms with van der Waals surface area (Å²) in [5, 5.41) is 0.706. The summed E-state index contributed by atoms with van der Waals surface area (Å²) in [5.41, 5.74) is 0.813. The molecule has 1 aromatic rings. The van der Waals surface area contributed by atoms with Gasteiger partial charge in [0, 0.05) is 17.9 Å². The molecule has 0 bridgehead atoms. The predicted molar refractivity (Wildman–Crippen MR) is 71.9 cm³/mol. The van der Waals surface area contributed by atoms with Gasteiger partial charge in [0.1, 0.15) is 0 Å². The molecule has 3 nitrogen and oxygen atoms in total. The lowest BCUT2D eigenvalue weighted by molar-refractivity contribution is 0.413. The van der Waals surface area contributed by atoms with E-state index in [2.05, 4.69) is 15.9 Å². The summed E-state index contributed by atoms with van der Waals surface area (Å²) in [6.45, 7) is 2.47. The minimum absolute atomic E-state index is 0.0969. The summed E-state index contributed by atoms with van der Waals surface area (Å²) in [7, 11) is -3.33. The van der Waals surface area contributed by atoms with Crippen molar-refractivity contribution in [3.63, 3.8) is 0 Å². The second kappa shape index (κ2) is 5.08. The van der Waals surface area contributed by atoms with Gasteiger partial charge in [-0.1, -0.05) is 34.1 Å². The molecule has 1 aliphatic heterocycles. The van der Waals surface area contributed by atoms with Gasteiger partial charge in [0.05, 0.1) is 4.90 Å². The van der Waals surface area contributed by atoms with Gasteiger partial charge in [0.15, 0.2) is 0 Å². The maximum atomic E-state index is 12.5. The van der Waals surface area contributed by atoms with E-state index in [1.165, 1.54) is 0 Å². The van der Waals surface area contributed by atoms with Gasteiger partial charge in [-0.3, -0.25) is 0 Å². The number of hydrogen-bond donors (Lipinski definition) is 0. The Labute approximate surface area is 111 Å². The number of rotatable bonds is 3. The van der Waals surface area contributed by atoms with Crippen LogP contribution < -0.4 is 0 Å². The normalized spacial score (nSPS) is 21.9. The van der Waals surface area contributed by atoms with Gasteiger partial charge < -0.3 is 0 Å². The van der Waals surface area contributed by atoms with Crippen molar-refractivity contribution in [2.75, 3.05) is 11.9 Å². The number of sulfonamides is 1. The number of halogens is 1. The van der Waals surface area contributed by atoms with Crippen molar-refractivity contribution < 1.29 is 8.42 Å². The van der Waals surface area contributed by atoms with E-state index in [0.29, 0.717) is 16.8 Å². The van der Waals surface area contributed by atoms with Gasteiger partial charge in [0.25, 0.3) is 0 Å². The highest BCUT2D eigenvalue weighted by Gasteiger charge is 2.35. The van der Waals surface area contributed by atoms with Crippen LogP contribution in [0.3, 0.4) is 0 Å². The molecular formula is C12H16BrNO2S. The first-order valence-electron chi connectivity index (χ1n) is 5.71. The van der Waals surface area contributed by atoms with Gasteiger partial charge in [-0.05, 0) is 31.4 Å². The highest BCUT2D eigenvalue weighted by atomic mass is 79.9. The van der Waals surface area contributed by atoms with Crippen molar-refractivity contribution in [3.8, 4) is 0 Å². The molecule has 0 aliphatic carbocycles. The number of aryl methyl sites for hydroxylation is 1. The van der Waals surface area contributed by atoms with E-state index in [1.54, 1.807) is 16.4 Å². The van der Waals surface area contributed by atoms with E-state index >= 15 is 0 Å². The fourth-order valence-corrected chi connectivity index (χ4v) is 5.04. The first kappa shape index (κ1) is 13.1. The molecule has 0 amide bonds. The molecule has 0 spiro atoms. The van der Waals surface area contributed by atoms with Crippen LogP contribution in [0.2, 0.25) is 0 Å². The van der Waals surface area contributed by atoms with Gasteiger partial charge in [0.2, 0.25) is 10.0 Å². The number of hydrogen-bond acceptors (Lipinski definition) is 2. The molecule has 1 unspecified atom stereocenters. The summed E-state index contributed by atoms with van der Waals surface area (Å²) in [6, 6.07) is 7.26. The summed E-state index contributed by atoms with van der Waals surface area (Å²) >= 11 is 3.39. The lowest BCUT2D eigenvalue weighted by Crippen LogP contribution is -2.36. The third-order valence-electron chi connectivity index (χ3n) is 3.18. The molecule has 0 aromatic heterocycles. The van der Waals surface area contributed by atoms with Crippen LogP contribution in [0.5, 0.6) is 0 Å². The zero-order valence-corrected chi connectivity index (χ0v) is 12.2. The van der Waals surface area contributed by atoms with Crippen LogP contribution in [0.15, 0.2) is 29.2 Å². The average molecular weight is 318 g/mol. The standard InChI is InChI=1S/C12H16BrNO2S/c1-10-5-2-3-7-12(10)17(15,16)14-8-4-6-11(14)9-13/h2-3,5,7,11H,4,6,8-9H2,1H3. The number of benzene rings is 1. The fourth-order valence-electron chi connectivity index (χ4n) is 2.25. The summed E-state index contributed by atoms with van der Waals surface area (Å²) in [6.07, 6.45) is 1.89. The maximum absolute atomic E-state index is 12.5. The SMILES string of the molecule is Cc1ccccc1S(=O)(=O)N1CCCC1CBr. The predicted octanol–water partition coefficient (Wildman–Crippen LogP) is 2.54. The zero-order chi connectivity index (χ0) is 12.5. The quantitative estimate of drug-likeness (QED) is 0.803. The molecule has 0 N–H and O–H groups in total. The Morgan fingerprint density at radius 2 is 2.12 bits per heavy atom. The largest absolute Gasteiger partial charge is 0.243 e. The second-order valence-corrected chi connectivity index (χ2v) is 6.84. The lowest BCUT2D eigenvalue weighted by atomic mass is 10.2. The van der Waals surface area contributed by atoms with Crippen molar-refractivity contribution in [1.29, 1.82) is 0 Å². The van der Waals surface area contributed by atoms with E-state index in [0.717, 1.165) is 18.4 Å². The molecule has 1 atom stereocenters. The molecule has 1 heterocycles. The minimum Gasteiger partial charge on any atom is -0.207 e. The molecule has 1 aliphatic rings. The minimum atomic E-state index is -3.33. The third-order valence-corrected chi connectivity index (χ3v) is 6.04. The highest BCUT2D eigenvalue weighted by molar-refractivity contribution is 9.09. The molecule has 0 radical (unpaired) electrons. The highest BCUT2D eigenvalue weighted by Crippen LogP contribution is 2.28. The molecular weight excluding hydrogens is 302 g/mol. The van der Waals surface area contributed by atoms with Crippen LogP contribution in [-0.4, -0.2) is 30.6 Å². The van der Waals surface area contributed by atoms with Crippen molar-refractivity contribution in [2.45, 2.75) is 30.7 Å². The van der Waals surface area contributed by atoms with Crippen molar-refractivity contribution in [3.05, 3.63) is 29.8 Å². The third kappa shape index (κ3) is 2.41. The Hall–Kier alpha value is -0.390. The first-order valence-corrected chi connectivity index (χ1v) is 8.27. The Balaban J connectivity index is 2.40. The van der Waals surface area contributed by atoms with Crippen LogP contribution in [-0.2, 0) is 10.0 Å². The Morgan fingerprint density at radius 3 is 2.76 bits per heavy atom. The molecule has 94 valence electrons. The smallest absolute Gasteiger partial charge is 0.207 e. The monoisotopic (exact) mass is 317 g/mol.